The van der Waals surface area contributed by atoms with Crippen molar-refractivity contribution in [2.24, 2.45) is 11.3 Å². The fourth-order valence-electron chi connectivity index (χ4n) is 3.41. The molecule has 0 radical (unpaired) electrons. The molecule has 11 heteroatoms. The number of hydrogen-bond acceptors (Lipinski definition) is 7. The molecule has 0 fully saturated rings. The minimum atomic E-state index is -3.09. The molecule has 1 atom stereocenters. The summed E-state index contributed by atoms with van der Waals surface area (Å²) in [7, 11) is 0. The summed E-state index contributed by atoms with van der Waals surface area (Å²) in [6, 6.07) is 0. The molecule has 7 N–H and O–H groups in total. The van der Waals surface area contributed by atoms with E-state index in [1.807, 2.05) is 0 Å². The molecule has 0 saturated carbocycles. The third-order valence-electron chi connectivity index (χ3n) is 5.05. The minimum Gasteiger partial charge on any atom is -0.481 e. The number of hydrogen-bond donors (Lipinski definition) is 7. The lowest BCUT2D eigenvalue weighted by molar-refractivity contribution is -0.175. The zero-order chi connectivity index (χ0) is 22.3. The van der Waals surface area contributed by atoms with Gasteiger partial charge in [0.1, 0.15) is 0 Å². The van der Waals surface area contributed by atoms with Gasteiger partial charge in [0.05, 0.1) is 5.92 Å². The second kappa shape index (κ2) is 14.7. The molecule has 0 aliphatic carbocycles. The van der Waals surface area contributed by atoms with Gasteiger partial charge in [-0.25, -0.2) is 16.4 Å². The molecule has 0 aromatic carbocycles. The highest BCUT2D eigenvalue weighted by Gasteiger charge is 2.61. The van der Waals surface area contributed by atoms with Gasteiger partial charge in [-0.2, -0.15) is 0 Å². The Bertz CT molecular complexity index is 500. The molecule has 0 spiro atoms. The lowest BCUT2D eigenvalue weighted by atomic mass is 9.70. The lowest BCUT2D eigenvalue weighted by Gasteiger charge is -2.32. The number of aliphatic carboxylic acids is 1. The molecule has 0 saturated heterocycles. The van der Waals surface area contributed by atoms with Gasteiger partial charge in [-0.3, -0.25) is 34.8 Å². The van der Waals surface area contributed by atoms with Crippen molar-refractivity contribution in [3.8, 4) is 0 Å². The molecular weight excluding hydrogens is 386 g/mol. The average Bonchev–Trinajstić information content (AvgIpc) is 2.72. The summed E-state index contributed by atoms with van der Waals surface area (Å²) < 4.78 is 0. The molecule has 0 aromatic rings. The first-order valence-electron chi connectivity index (χ1n) is 9.90. The second-order valence-electron chi connectivity index (χ2n) is 6.99. The van der Waals surface area contributed by atoms with E-state index in [2.05, 4.69) is 6.92 Å². The van der Waals surface area contributed by atoms with Gasteiger partial charge in [-0.05, 0) is 6.42 Å². The number of carbonyl (C=O) groups excluding carboxylic acids is 3. The maximum atomic E-state index is 12.1. The number of rotatable bonds is 16. The normalized spacial score (nSPS) is 12.1. The van der Waals surface area contributed by atoms with Crippen molar-refractivity contribution in [1.82, 2.24) is 16.4 Å². The maximum absolute atomic E-state index is 12.1. The summed E-state index contributed by atoms with van der Waals surface area (Å²) in [6.45, 7) is 2.15. The Kier molecular flexibility index (Phi) is 13.6. The number of amides is 3. The van der Waals surface area contributed by atoms with E-state index in [9.17, 15) is 24.3 Å². The lowest BCUT2D eigenvalue weighted by Crippen LogP contribution is -2.63. The smallest absolute Gasteiger partial charge is 0.308 e. The van der Waals surface area contributed by atoms with Crippen LogP contribution in [-0.2, 0) is 19.2 Å². The number of hydroxylamine groups is 3. The molecule has 29 heavy (non-hydrogen) atoms. The average molecular weight is 419 g/mol. The molecule has 1 unspecified atom stereocenters. The van der Waals surface area contributed by atoms with Gasteiger partial charge in [-0.15, -0.1) is 0 Å². The van der Waals surface area contributed by atoms with Crippen LogP contribution in [0.25, 0.3) is 0 Å². The molecule has 0 aliphatic heterocycles. The van der Waals surface area contributed by atoms with Crippen LogP contribution >= 0.6 is 0 Å². The summed E-state index contributed by atoms with van der Waals surface area (Å²) in [4.78, 5) is 48.0. The van der Waals surface area contributed by atoms with Gasteiger partial charge in [0.25, 0.3) is 17.7 Å². The standard InChI is InChI=1S/C18H33N3O8/c1-2-3-4-5-6-7-8-9-10-11-12-13(14(22)23)18(15(24)19-27,16(25)20-28)17(26)21-29/h13,27-29H,2-12H2,1H3,(H,19,24)(H,20,25)(H,21,26)(H,22,23). The first-order chi connectivity index (χ1) is 13.8. The summed E-state index contributed by atoms with van der Waals surface area (Å²) in [6.07, 6.45) is 9.39. The zero-order valence-electron chi connectivity index (χ0n) is 16.8. The first-order valence-corrected chi connectivity index (χ1v) is 9.90. The van der Waals surface area contributed by atoms with Gasteiger partial charge >= 0.3 is 5.97 Å². The molecule has 11 nitrogen and oxygen atoms in total. The number of unbranched alkanes of at least 4 members (excludes halogenated alkanes) is 9. The molecule has 3 amide bonds. The van der Waals surface area contributed by atoms with E-state index in [0.717, 1.165) is 42.1 Å². The SMILES string of the molecule is CCCCCCCCCCCCC(C(=O)O)C(C(=O)NO)(C(=O)NO)C(=O)NO. The van der Waals surface area contributed by atoms with Crippen molar-refractivity contribution >= 4 is 23.7 Å². The Balaban J connectivity index is 4.96. The molecule has 168 valence electrons. The van der Waals surface area contributed by atoms with E-state index in [1.165, 1.54) is 25.7 Å². The van der Waals surface area contributed by atoms with Gasteiger partial charge in [0.15, 0.2) is 0 Å². The van der Waals surface area contributed by atoms with Gasteiger partial charge in [0, 0.05) is 0 Å². The number of carboxylic acids is 1. The van der Waals surface area contributed by atoms with Crippen LogP contribution in [0.1, 0.15) is 77.6 Å². The van der Waals surface area contributed by atoms with E-state index in [4.69, 9.17) is 15.6 Å². The van der Waals surface area contributed by atoms with Crippen molar-refractivity contribution in [1.29, 1.82) is 0 Å². The Morgan fingerprint density at radius 1 is 0.690 bits per heavy atom. The number of nitrogens with one attached hydrogen (secondary N) is 3. The highest BCUT2D eigenvalue weighted by Crippen LogP contribution is 2.34. The summed E-state index contributed by atoms with van der Waals surface area (Å²) >= 11 is 0. The molecule has 0 heterocycles. The Morgan fingerprint density at radius 3 is 1.34 bits per heavy atom. The van der Waals surface area contributed by atoms with Gasteiger partial charge in [0.2, 0.25) is 5.41 Å². The quantitative estimate of drug-likeness (QED) is 0.0848. The van der Waals surface area contributed by atoms with Crippen molar-refractivity contribution in [2.75, 3.05) is 0 Å². The van der Waals surface area contributed by atoms with Crippen molar-refractivity contribution in [3.63, 3.8) is 0 Å². The molecule has 0 aliphatic rings. The Labute approximate surface area is 169 Å². The Hall–Kier alpha value is -2.24. The first kappa shape index (κ1) is 26.8. The third kappa shape index (κ3) is 7.59. The Morgan fingerprint density at radius 2 is 1.03 bits per heavy atom. The van der Waals surface area contributed by atoms with Crippen LogP contribution in [-0.4, -0.2) is 44.4 Å². The monoisotopic (exact) mass is 419 g/mol. The van der Waals surface area contributed by atoms with Crippen molar-refractivity contribution < 1.29 is 39.9 Å². The molecule has 0 bridgehead atoms. The topological polar surface area (TPSA) is 185 Å². The highest BCUT2D eigenvalue weighted by atomic mass is 16.5. The van der Waals surface area contributed by atoms with Crippen molar-refractivity contribution in [3.05, 3.63) is 0 Å². The van der Waals surface area contributed by atoms with Gasteiger partial charge in [-0.1, -0.05) is 71.1 Å². The molecular formula is C18H33N3O8. The summed E-state index contributed by atoms with van der Waals surface area (Å²) in [5.41, 5.74) is 0.100. The van der Waals surface area contributed by atoms with Crippen LogP contribution in [0.5, 0.6) is 0 Å². The molecule has 0 rings (SSSR count). The van der Waals surface area contributed by atoms with E-state index >= 15 is 0 Å². The summed E-state index contributed by atoms with van der Waals surface area (Å²) in [5, 5.41) is 36.3. The zero-order valence-corrected chi connectivity index (χ0v) is 16.8. The van der Waals surface area contributed by atoms with Crippen LogP contribution in [0.2, 0.25) is 0 Å². The largest absolute Gasteiger partial charge is 0.481 e. The molecule has 0 aromatic heterocycles. The number of carbonyl (C=O) groups is 4. The predicted molar refractivity (Wildman–Crippen MR) is 99.8 cm³/mol. The van der Waals surface area contributed by atoms with E-state index in [1.54, 1.807) is 0 Å². The maximum Gasteiger partial charge on any atom is 0.308 e. The van der Waals surface area contributed by atoms with E-state index < -0.39 is 35.0 Å². The van der Waals surface area contributed by atoms with Crippen LogP contribution in [0.3, 0.4) is 0 Å². The van der Waals surface area contributed by atoms with Crippen LogP contribution in [0.15, 0.2) is 0 Å². The van der Waals surface area contributed by atoms with Crippen LogP contribution in [0, 0.1) is 11.3 Å². The number of carboxylic acid groups (broad SMARTS) is 1. The van der Waals surface area contributed by atoms with Crippen molar-refractivity contribution in [2.45, 2.75) is 77.6 Å². The summed E-state index contributed by atoms with van der Waals surface area (Å²) in [5.74, 6) is -8.65. The van der Waals surface area contributed by atoms with Crippen LogP contribution in [0.4, 0.5) is 0 Å². The minimum absolute atomic E-state index is 0.264. The van der Waals surface area contributed by atoms with Gasteiger partial charge < -0.3 is 5.11 Å². The van der Waals surface area contributed by atoms with Crippen LogP contribution < -0.4 is 16.4 Å². The van der Waals surface area contributed by atoms with E-state index in [-0.39, 0.29) is 12.8 Å². The highest BCUT2D eigenvalue weighted by molar-refractivity contribution is 6.24. The second-order valence-corrected chi connectivity index (χ2v) is 6.99. The predicted octanol–water partition coefficient (Wildman–Crippen LogP) is 1.50. The fourth-order valence-corrected chi connectivity index (χ4v) is 3.41. The van der Waals surface area contributed by atoms with E-state index in [0.29, 0.717) is 6.42 Å². The third-order valence-corrected chi connectivity index (χ3v) is 5.05. The fraction of sp³-hybridized carbons (Fsp3) is 0.778.